The number of hydrogen-bond donors (Lipinski definition) is 1. The number of carbonyl (C=O) groups excluding carboxylic acids is 1. The van der Waals surface area contributed by atoms with Crippen molar-refractivity contribution in [3.63, 3.8) is 0 Å². The van der Waals surface area contributed by atoms with E-state index < -0.39 is 0 Å². The van der Waals surface area contributed by atoms with Gasteiger partial charge in [0.05, 0.1) is 17.1 Å². The van der Waals surface area contributed by atoms with E-state index in [-0.39, 0.29) is 11.9 Å². The summed E-state index contributed by atoms with van der Waals surface area (Å²) < 4.78 is 13.1. The lowest BCUT2D eigenvalue weighted by Gasteiger charge is -2.40. The van der Waals surface area contributed by atoms with Crippen molar-refractivity contribution in [2.45, 2.75) is 12.5 Å². The summed E-state index contributed by atoms with van der Waals surface area (Å²) in [6, 6.07) is 14.6. The zero-order valence-corrected chi connectivity index (χ0v) is 15.4. The molecular weight excluding hydrogens is 355 g/mol. The first-order chi connectivity index (χ1) is 13.7. The quantitative estimate of drug-likeness (QED) is 0.696. The summed E-state index contributed by atoms with van der Waals surface area (Å²) in [7, 11) is 0. The minimum atomic E-state index is -0.223. The van der Waals surface area contributed by atoms with Crippen LogP contribution in [0.1, 0.15) is 22.7 Å². The zero-order valence-electron chi connectivity index (χ0n) is 15.4. The standard InChI is InChI=1S/C22H21FN4O/c23-18-6-4-16(5-7-18)8-9-26-10-11-27(15-28)21(14-26)20-3-1-2-19-17(12-24)13-25-22(19)20/h1-7,13,15,21,25H,8-11,14H2. The van der Waals surface area contributed by atoms with Crippen LogP contribution in [-0.4, -0.2) is 47.4 Å². The van der Waals surface area contributed by atoms with E-state index in [9.17, 15) is 14.4 Å². The molecule has 6 heteroatoms. The van der Waals surface area contributed by atoms with Crippen LogP contribution < -0.4 is 0 Å². The number of amides is 1. The molecule has 1 aromatic heterocycles. The molecule has 28 heavy (non-hydrogen) atoms. The number of nitriles is 1. The highest BCUT2D eigenvalue weighted by Crippen LogP contribution is 2.31. The van der Waals surface area contributed by atoms with E-state index in [4.69, 9.17) is 0 Å². The summed E-state index contributed by atoms with van der Waals surface area (Å²) in [6.45, 7) is 3.03. The summed E-state index contributed by atoms with van der Waals surface area (Å²) >= 11 is 0. The molecule has 4 rings (SSSR count). The summed E-state index contributed by atoms with van der Waals surface area (Å²) in [5.74, 6) is -0.223. The van der Waals surface area contributed by atoms with Crippen LogP contribution in [0.25, 0.3) is 10.9 Å². The molecule has 1 aliphatic heterocycles. The molecule has 0 bridgehead atoms. The van der Waals surface area contributed by atoms with Gasteiger partial charge < -0.3 is 9.88 Å². The molecule has 1 amide bonds. The van der Waals surface area contributed by atoms with Crippen LogP contribution in [-0.2, 0) is 11.2 Å². The van der Waals surface area contributed by atoms with Crippen LogP contribution in [0.2, 0.25) is 0 Å². The van der Waals surface area contributed by atoms with Gasteiger partial charge in [-0.3, -0.25) is 9.69 Å². The summed E-state index contributed by atoms with van der Waals surface area (Å²) in [4.78, 5) is 19.0. The van der Waals surface area contributed by atoms with Gasteiger partial charge in [-0.2, -0.15) is 5.26 Å². The first-order valence-electron chi connectivity index (χ1n) is 9.37. The molecule has 1 fully saturated rings. The van der Waals surface area contributed by atoms with E-state index in [1.165, 1.54) is 12.1 Å². The average Bonchev–Trinajstić information content (AvgIpc) is 3.16. The molecule has 1 saturated heterocycles. The molecule has 2 heterocycles. The number of aromatic nitrogens is 1. The Balaban J connectivity index is 1.55. The Morgan fingerprint density at radius 3 is 2.79 bits per heavy atom. The number of hydrogen-bond acceptors (Lipinski definition) is 3. The maximum atomic E-state index is 13.1. The van der Waals surface area contributed by atoms with Gasteiger partial charge in [-0.25, -0.2) is 4.39 Å². The number of para-hydroxylation sites is 1. The van der Waals surface area contributed by atoms with Gasteiger partial charge in [-0.1, -0.05) is 30.3 Å². The largest absolute Gasteiger partial charge is 0.360 e. The molecule has 142 valence electrons. The SMILES string of the molecule is N#Cc1c[nH]c2c(C3CN(CCc4ccc(F)cc4)CCN3C=O)cccc12. The van der Waals surface area contributed by atoms with Gasteiger partial charge in [-0.15, -0.1) is 0 Å². The topological polar surface area (TPSA) is 63.1 Å². The van der Waals surface area contributed by atoms with E-state index in [0.29, 0.717) is 12.1 Å². The van der Waals surface area contributed by atoms with Crippen molar-refractivity contribution in [2.75, 3.05) is 26.2 Å². The molecule has 0 radical (unpaired) electrons. The van der Waals surface area contributed by atoms with Crippen molar-refractivity contribution in [2.24, 2.45) is 0 Å². The maximum absolute atomic E-state index is 13.1. The lowest BCUT2D eigenvalue weighted by atomic mass is 9.99. The number of nitrogens with one attached hydrogen (secondary N) is 1. The van der Waals surface area contributed by atoms with Crippen LogP contribution in [0.5, 0.6) is 0 Å². The number of benzene rings is 2. The minimum Gasteiger partial charge on any atom is -0.360 e. The minimum absolute atomic E-state index is 0.0756. The van der Waals surface area contributed by atoms with E-state index >= 15 is 0 Å². The Morgan fingerprint density at radius 2 is 2.04 bits per heavy atom. The molecular formula is C22H21FN4O. The monoisotopic (exact) mass is 376 g/mol. The van der Waals surface area contributed by atoms with Crippen LogP contribution in [0, 0.1) is 17.1 Å². The maximum Gasteiger partial charge on any atom is 0.210 e. The Bertz CT molecular complexity index is 1020. The number of H-pyrrole nitrogens is 1. The van der Waals surface area contributed by atoms with Crippen LogP contribution in [0.3, 0.4) is 0 Å². The highest BCUT2D eigenvalue weighted by molar-refractivity contribution is 5.88. The summed E-state index contributed by atoms with van der Waals surface area (Å²) in [5, 5.41) is 10.2. The van der Waals surface area contributed by atoms with Crippen molar-refractivity contribution >= 4 is 17.3 Å². The normalized spacial score (nSPS) is 17.6. The van der Waals surface area contributed by atoms with Crippen molar-refractivity contribution in [3.05, 3.63) is 71.2 Å². The van der Waals surface area contributed by atoms with E-state index in [1.54, 1.807) is 6.20 Å². The van der Waals surface area contributed by atoms with E-state index in [1.807, 2.05) is 35.2 Å². The third-order valence-corrected chi connectivity index (χ3v) is 5.50. The number of halogens is 1. The van der Waals surface area contributed by atoms with Crippen LogP contribution in [0.4, 0.5) is 4.39 Å². The highest BCUT2D eigenvalue weighted by Gasteiger charge is 2.29. The number of fused-ring (bicyclic) bond motifs is 1. The molecule has 0 aliphatic carbocycles. The Morgan fingerprint density at radius 1 is 1.21 bits per heavy atom. The van der Waals surface area contributed by atoms with Gasteiger partial charge in [-0.05, 0) is 24.1 Å². The van der Waals surface area contributed by atoms with Gasteiger partial charge in [0, 0.05) is 43.3 Å². The van der Waals surface area contributed by atoms with Gasteiger partial charge in [0.15, 0.2) is 0 Å². The first-order valence-corrected chi connectivity index (χ1v) is 9.37. The zero-order chi connectivity index (χ0) is 19.5. The lowest BCUT2D eigenvalue weighted by Crippen LogP contribution is -2.48. The lowest BCUT2D eigenvalue weighted by molar-refractivity contribution is -0.122. The Labute approximate surface area is 163 Å². The molecule has 5 nitrogen and oxygen atoms in total. The van der Waals surface area contributed by atoms with E-state index in [2.05, 4.69) is 16.0 Å². The highest BCUT2D eigenvalue weighted by atomic mass is 19.1. The third kappa shape index (κ3) is 3.49. The van der Waals surface area contributed by atoms with Gasteiger partial charge in [0.1, 0.15) is 11.9 Å². The summed E-state index contributed by atoms with van der Waals surface area (Å²) in [5.41, 5.74) is 3.65. The van der Waals surface area contributed by atoms with E-state index in [0.717, 1.165) is 54.5 Å². The number of aromatic amines is 1. The van der Waals surface area contributed by atoms with Crippen molar-refractivity contribution in [3.8, 4) is 6.07 Å². The second-order valence-corrected chi connectivity index (χ2v) is 7.12. The van der Waals surface area contributed by atoms with Crippen LogP contribution in [0.15, 0.2) is 48.7 Å². The molecule has 2 aromatic carbocycles. The van der Waals surface area contributed by atoms with Gasteiger partial charge in [0.25, 0.3) is 0 Å². The summed E-state index contributed by atoms with van der Waals surface area (Å²) in [6.07, 6.45) is 3.46. The number of piperazine rings is 1. The van der Waals surface area contributed by atoms with Crippen molar-refractivity contribution in [1.29, 1.82) is 5.26 Å². The molecule has 1 atom stereocenters. The fraction of sp³-hybridized carbons (Fsp3) is 0.273. The third-order valence-electron chi connectivity index (χ3n) is 5.50. The predicted molar refractivity (Wildman–Crippen MR) is 105 cm³/mol. The van der Waals surface area contributed by atoms with Gasteiger partial charge in [0.2, 0.25) is 6.41 Å². The predicted octanol–water partition coefficient (Wildman–Crippen LogP) is 3.24. The second kappa shape index (κ2) is 7.83. The molecule has 3 aromatic rings. The van der Waals surface area contributed by atoms with Crippen LogP contribution >= 0.6 is 0 Å². The van der Waals surface area contributed by atoms with Gasteiger partial charge >= 0.3 is 0 Å². The number of nitrogens with zero attached hydrogens (tertiary/aromatic N) is 3. The first kappa shape index (κ1) is 18.2. The van der Waals surface area contributed by atoms with Crippen molar-refractivity contribution in [1.82, 2.24) is 14.8 Å². The Hall–Kier alpha value is -3.17. The van der Waals surface area contributed by atoms with Crippen molar-refractivity contribution < 1.29 is 9.18 Å². The number of carbonyl (C=O) groups is 1. The molecule has 1 N–H and O–H groups in total. The fourth-order valence-corrected chi connectivity index (χ4v) is 3.95. The number of rotatable bonds is 5. The smallest absolute Gasteiger partial charge is 0.210 e. The fourth-order valence-electron chi connectivity index (χ4n) is 3.95. The average molecular weight is 376 g/mol. The molecule has 1 aliphatic rings. The molecule has 1 unspecified atom stereocenters. The molecule has 0 spiro atoms. The molecule has 0 saturated carbocycles. The Kier molecular flexibility index (Phi) is 5.09. The second-order valence-electron chi connectivity index (χ2n) is 7.12.